The minimum Gasteiger partial charge on any atom is -0.450 e. The summed E-state index contributed by atoms with van der Waals surface area (Å²) in [7, 11) is 0. The quantitative estimate of drug-likeness (QED) is 0.654. The van der Waals surface area contributed by atoms with Crippen LogP contribution in [0.5, 0.6) is 0 Å². The summed E-state index contributed by atoms with van der Waals surface area (Å²) in [6, 6.07) is 3.23. The van der Waals surface area contributed by atoms with Crippen LogP contribution in [-0.4, -0.2) is 44.1 Å². The standard InChI is InChI=1S/C15H19F2N3O4/c1-3-20(9-13(22)19-15(23)24-4-2)8-12(21)18-14-10(16)6-5-7-11(14)17/h5-7H,3-4,8-9H2,1-2H3,(H,18,21)(H,19,22,23)/p+1. The van der Waals surface area contributed by atoms with Gasteiger partial charge in [0.05, 0.1) is 13.2 Å². The normalized spacial score (nSPS) is 11.5. The Kier molecular flexibility index (Phi) is 7.76. The number of hydrogen-bond acceptors (Lipinski definition) is 4. The molecule has 7 nitrogen and oxygen atoms in total. The number of quaternary nitrogens is 1. The average molecular weight is 344 g/mol. The zero-order valence-corrected chi connectivity index (χ0v) is 13.4. The third-order valence-electron chi connectivity index (χ3n) is 3.07. The molecule has 0 aliphatic heterocycles. The molecular weight excluding hydrogens is 324 g/mol. The Morgan fingerprint density at radius 3 is 2.21 bits per heavy atom. The minimum atomic E-state index is -0.888. The Labute approximate surface area is 138 Å². The molecule has 3 N–H and O–H groups in total. The van der Waals surface area contributed by atoms with Crippen LogP contribution in [-0.2, 0) is 14.3 Å². The van der Waals surface area contributed by atoms with Crippen LogP contribution in [0.1, 0.15) is 13.8 Å². The van der Waals surface area contributed by atoms with Crippen molar-refractivity contribution >= 4 is 23.6 Å². The highest BCUT2D eigenvalue weighted by Crippen LogP contribution is 2.17. The van der Waals surface area contributed by atoms with Crippen LogP contribution >= 0.6 is 0 Å². The van der Waals surface area contributed by atoms with Crippen LogP contribution in [0, 0.1) is 11.6 Å². The van der Waals surface area contributed by atoms with E-state index in [0.717, 1.165) is 12.1 Å². The Balaban J connectivity index is 2.57. The summed E-state index contributed by atoms with van der Waals surface area (Å²) in [5.41, 5.74) is -0.533. The van der Waals surface area contributed by atoms with Crippen molar-refractivity contribution in [3.05, 3.63) is 29.8 Å². The van der Waals surface area contributed by atoms with Crippen molar-refractivity contribution in [3.8, 4) is 0 Å². The van der Waals surface area contributed by atoms with Gasteiger partial charge in [-0.25, -0.2) is 13.6 Å². The summed E-state index contributed by atoms with van der Waals surface area (Å²) in [6.45, 7) is 3.48. The van der Waals surface area contributed by atoms with Gasteiger partial charge in [-0.15, -0.1) is 0 Å². The van der Waals surface area contributed by atoms with E-state index in [9.17, 15) is 23.2 Å². The van der Waals surface area contributed by atoms with Gasteiger partial charge in [0.2, 0.25) is 0 Å². The predicted molar refractivity (Wildman–Crippen MR) is 81.4 cm³/mol. The number of hydrogen-bond donors (Lipinski definition) is 3. The molecule has 0 aliphatic carbocycles. The van der Waals surface area contributed by atoms with Crippen LogP contribution in [0.15, 0.2) is 18.2 Å². The number of benzene rings is 1. The summed E-state index contributed by atoms with van der Waals surface area (Å²) in [4.78, 5) is 35.2. The lowest BCUT2D eigenvalue weighted by Crippen LogP contribution is -3.14. The molecule has 0 aliphatic rings. The van der Waals surface area contributed by atoms with Gasteiger partial charge in [-0.3, -0.25) is 14.9 Å². The Morgan fingerprint density at radius 1 is 1.08 bits per heavy atom. The van der Waals surface area contributed by atoms with E-state index in [2.05, 4.69) is 10.1 Å². The van der Waals surface area contributed by atoms with Crippen LogP contribution in [0.25, 0.3) is 0 Å². The fourth-order valence-corrected chi connectivity index (χ4v) is 1.89. The minimum absolute atomic E-state index is 0.125. The summed E-state index contributed by atoms with van der Waals surface area (Å²) in [6.07, 6.45) is -0.865. The van der Waals surface area contributed by atoms with Crippen molar-refractivity contribution in [2.45, 2.75) is 13.8 Å². The van der Waals surface area contributed by atoms with Crippen LogP contribution in [0.4, 0.5) is 19.3 Å². The van der Waals surface area contributed by atoms with Gasteiger partial charge >= 0.3 is 6.09 Å². The molecule has 9 heteroatoms. The number of likely N-dealkylation sites (N-methyl/N-ethyl adjacent to an activating group) is 1. The fraction of sp³-hybridized carbons (Fsp3) is 0.400. The third-order valence-corrected chi connectivity index (χ3v) is 3.07. The van der Waals surface area contributed by atoms with Gasteiger partial charge in [0, 0.05) is 0 Å². The second-order valence-corrected chi connectivity index (χ2v) is 4.87. The van der Waals surface area contributed by atoms with Gasteiger partial charge in [-0.2, -0.15) is 0 Å². The molecule has 1 rings (SSSR count). The number of anilines is 1. The van der Waals surface area contributed by atoms with E-state index in [4.69, 9.17) is 0 Å². The number of halogens is 2. The maximum atomic E-state index is 13.5. The number of carbonyl (C=O) groups is 3. The van der Waals surface area contributed by atoms with Crippen LogP contribution < -0.4 is 15.5 Å². The molecule has 0 aromatic heterocycles. The molecule has 0 fully saturated rings. The first-order chi connectivity index (χ1) is 11.4. The zero-order chi connectivity index (χ0) is 18.1. The highest BCUT2D eigenvalue weighted by molar-refractivity contribution is 5.93. The molecule has 0 spiro atoms. The largest absolute Gasteiger partial charge is 0.450 e. The topological polar surface area (TPSA) is 88.9 Å². The van der Waals surface area contributed by atoms with E-state index in [1.807, 2.05) is 5.32 Å². The van der Waals surface area contributed by atoms with Crippen molar-refractivity contribution in [1.82, 2.24) is 5.32 Å². The van der Waals surface area contributed by atoms with Gasteiger partial charge < -0.3 is 15.0 Å². The molecule has 1 atom stereocenters. The number of carbonyl (C=O) groups excluding carboxylic acids is 3. The monoisotopic (exact) mass is 344 g/mol. The van der Waals surface area contributed by atoms with Crippen LogP contribution in [0.3, 0.4) is 0 Å². The molecular formula is C15H20F2N3O4+. The summed E-state index contributed by atoms with van der Waals surface area (Å²) >= 11 is 0. The van der Waals surface area contributed by atoms with Gasteiger partial charge in [-0.05, 0) is 26.0 Å². The Bertz CT molecular complexity index is 590. The lowest BCUT2D eigenvalue weighted by molar-refractivity contribution is -0.881. The molecule has 3 amide bonds. The van der Waals surface area contributed by atoms with Crippen molar-refractivity contribution in [1.29, 1.82) is 0 Å². The molecule has 1 unspecified atom stereocenters. The average Bonchev–Trinajstić information content (AvgIpc) is 2.50. The summed E-state index contributed by atoms with van der Waals surface area (Å²) in [5, 5.41) is 4.16. The molecule has 24 heavy (non-hydrogen) atoms. The van der Waals surface area contributed by atoms with E-state index in [1.165, 1.54) is 6.07 Å². The SMILES string of the molecule is CCOC(=O)NC(=O)C[NH+](CC)CC(=O)Nc1c(F)cccc1F. The molecule has 0 saturated heterocycles. The van der Waals surface area contributed by atoms with E-state index in [1.54, 1.807) is 13.8 Å². The number of nitrogens with one attached hydrogen (secondary N) is 3. The first-order valence-corrected chi connectivity index (χ1v) is 7.41. The number of para-hydroxylation sites is 1. The van der Waals surface area contributed by atoms with Crippen molar-refractivity contribution in [3.63, 3.8) is 0 Å². The van der Waals surface area contributed by atoms with Crippen molar-refractivity contribution in [2.75, 3.05) is 31.6 Å². The highest BCUT2D eigenvalue weighted by atomic mass is 19.1. The molecule has 0 bridgehead atoms. The second-order valence-electron chi connectivity index (χ2n) is 4.87. The molecule has 0 radical (unpaired) electrons. The second kappa shape index (κ2) is 9.56. The van der Waals surface area contributed by atoms with Crippen molar-refractivity contribution in [2.24, 2.45) is 0 Å². The number of imide groups is 1. The Hall–Kier alpha value is -2.55. The maximum Gasteiger partial charge on any atom is 0.414 e. The van der Waals surface area contributed by atoms with E-state index in [-0.39, 0.29) is 19.7 Å². The van der Waals surface area contributed by atoms with E-state index < -0.39 is 35.2 Å². The number of alkyl carbamates (subject to hydrolysis) is 1. The number of ether oxygens (including phenoxy) is 1. The van der Waals surface area contributed by atoms with Gasteiger partial charge in [0.1, 0.15) is 17.3 Å². The molecule has 0 heterocycles. The Morgan fingerprint density at radius 2 is 1.67 bits per heavy atom. The molecule has 1 aromatic rings. The van der Waals surface area contributed by atoms with E-state index in [0.29, 0.717) is 11.4 Å². The summed E-state index contributed by atoms with van der Waals surface area (Å²) in [5.74, 6) is -3.04. The molecule has 132 valence electrons. The molecule has 0 saturated carbocycles. The van der Waals surface area contributed by atoms with Gasteiger partial charge in [0.15, 0.2) is 13.1 Å². The smallest absolute Gasteiger partial charge is 0.414 e. The number of rotatable bonds is 7. The third kappa shape index (κ3) is 6.29. The van der Waals surface area contributed by atoms with Crippen molar-refractivity contribution < 1.29 is 32.8 Å². The van der Waals surface area contributed by atoms with Gasteiger partial charge in [-0.1, -0.05) is 6.07 Å². The first kappa shape index (κ1) is 19.5. The zero-order valence-electron chi connectivity index (χ0n) is 13.4. The lowest BCUT2D eigenvalue weighted by Gasteiger charge is -2.16. The van der Waals surface area contributed by atoms with Crippen LogP contribution in [0.2, 0.25) is 0 Å². The fourth-order valence-electron chi connectivity index (χ4n) is 1.89. The van der Waals surface area contributed by atoms with Gasteiger partial charge in [0.25, 0.3) is 11.8 Å². The van der Waals surface area contributed by atoms with E-state index >= 15 is 0 Å². The summed E-state index contributed by atoms with van der Waals surface area (Å²) < 4.78 is 31.5. The maximum absolute atomic E-state index is 13.5. The number of amides is 3. The first-order valence-electron chi connectivity index (χ1n) is 7.41. The molecule has 1 aromatic carbocycles. The lowest BCUT2D eigenvalue weighted by atomic mass is 10.3. The highest BCUT2D eigenvalue weighted by Gasteiger charge is 2.20. The predicted octanol–water partition coefficient (Wildman–Crippen LogP) is 0.0808.